The standard InChI is InChI=1S/C18H16INO4/c1-11(21)13-6-5-7-14(10-13)20-17(22)12(2)24-18(23)15-8-3-4-9-16(15)19/h3-10,12H,1-2H3,(H,20,22). The number of ketones is 1. The molecule has 1 unspecified atom stereocenters. The summed E-state index contributed by atoms with van der Waals surface area (Å²) in [7, 11) is 0. The van der Waals surface area contributed by atoms with Crippen LogP contribution < -0.4 is 5.32 Å². The van der Waals surface area contributed by atoms with Gasteiger partial charge in [0.2, 0.25) is 0 Å². The van der Waals surface area contributed by atoms with Crippen LogP contribution >= 0.6 is 22.6 Å². The maximum absolute atomic E-state index is 12.2. The quantitative estimate of drug-likeness (QED) is 0.440. The van der Waals surface area contributed by atoms with E-state index in [0.29, 0.717) is 16.8 Å². The van der Waals surface area contributed by atoms with Crippen LogP contribution in [0, 0.1) is 3.57 Å². The minimum atomic E-state index is -0.963. The molecule has 0 bridgehead atoms. The van der Waals surface area contributed by atoms with Crippen LogP contribution in [0.25, 0.3) is 0 Å². The fourth-order valence-electron chi connectivity index (χ4n) is 1.96. The van der Waals surface area contributed by atoms with Crippen LogP contribution in [-0.4, -0.2) is 23.8 Å². The van der Waals surface area contributed by atoms with Gasteiger partial charge in [-0.3, -0.25) is 9.59 Å². The Bertz CT molecular complexity index is 788. The van der Waals surface area contributed by atoms with Crippen LogP contribution in [0.2, 0.25) is 0 Å². The van der Waals surface area contributed by atoms with Crippen molar-refractivity contribution in [3.8, 4) is 0 Å². The van der Waals surface area contributed by atoms with E-state index in [0.717, 1.165) is 3.57 Å². The largest absolute Gasteiger partial charge is 0.449 e. The first-order valence-electron chi connectivity index (χ1n) is 7.26. The number of hydrogen-bond donors (Lipinski definition) is 1. The molecule has 0 aliphatic rings. The summed E-state index contributed by atoms with van der Waals surface area (Å²) in [6.45, 7) is 2.95. The van der Waals surface area contributed by atoms with E-state index in [-0.39, 0.29) is 5.78 Å². The predicted octanol–water partition coefficient (Wildman–Crippen LogP) is 3.68. The molecule has 1 amide bonds. The van der Waals surface area contributed by atoms with Gasteiger partial charge >= 0.3 is 5.97 Å². The molecule has 1 N–H and O–H groups in total. The maximum Gasteiger partial charge on any atom is 0.339 e. The molecule has 2 rings (SSSR count). The lowest BCUT2D eigenvalue weighted by atomic mass is 10.1. The molecular formula is C18H16INO4. The third-order valence-corrected chi connectivity index (χ3v) is 4.22. The summed E-state index contributed by atoms with van der Waals surface area (Å²) in [6, 6.07) is 13.6. The Morgan fingerprint density at radius 3 is 2.46 bits per heavy atom. The highest BCUT2D eigenvalue weighted by Gasteiger charge is 2.20. The Hall–Kier alpha value is -2.22. The zero-order valence-corrected chi connectivity index (χ0v) is 15.4. The van der Waals surface area contributed by atoms with Crippen LogP contribution in [0.1, 0.15) is 34.6 Å². The Kier molecular flexibility index (Phi) is 6.08. The Morgan fingerprint density at radius 1 is 1.08 bits per heavy atom. The SMILES string of the molecule is CC(=O)c1cccc(NC(=O)C(C)OC(=O)c2ccccc2I)c1. The van der Waals surface area contributed by atoms with E-state index >= 15 is 0 Å². The molecule has 2 aromatic rings. The zero-order valence-electron chi connectivity index (χ0n) is 13.2. The molecule has 0 heterocycles. The molecule has 24 heavy (non-hydrogen) atoms. The van der Waals surface area contributed by atoms with Gasteiger partial charge in [0.1, 0.15) is 0 Å². The number of benzene rings is 2. The number of rotatable bonds is 5. The van der Waals surface area contributed by atoms with Crippen molar-refractivity contribution in [3.63, 3.8) is 0 Å². The second-order valence-electron chi connectivity index (χ2n) is 5.15. The van der Waals surface area contributed by atoms with E-state index in [1.807, 2.05) is 28.7 Å². The van der Waals surface area contributed by atoms with Gasteiger partial charge in [-0.2, -0.15) is 0 Å². The first kappa shape index (κ1) is 18.1. The van der Waals surface area contributed by atoms with Gasteiger partial charge in [-0.25, -0.2) is 4.79 Å². The van der Waals surface area contributed by atoms with Crippen molar-refractivity contribution in [1.82, 2.24) is 0 Å². The number of Topliss-reactive ketones (excluding diaryl/α,β-unsaturated/α-hetero) is 1. The van der Waals surface area contributed by atoms with Crippen molar-refractivity contribution in [2.75, 3.05) is 5.32 Å². The fraction of sp³-hybridized carbons (Fsp3) is 0.167. The second kappa shape index (κ2) is 8.05. The summed E-state index contributed by atoms with van der Waals surface area (Å²) in [5.41, 5.74) is 1.39. The monoisotopic (exact) mass is 437 g/mol. The van der Waals surface area contributed by atoms with Gasteiger partial charge in [0, 0.05) is 14.8 Å². The van der Waals surface area contributed by atoms with Crippen molar-refractivity contribution >= 4 is 45.9 Å². The van der Waals surface area contributed by atoms with Gasteiger partial charge < -0.3 is 10.1 Å². The zero-order chi connectivity index (χ0) is 17.7. The molecule has 0 spiro atoms. The summed E-state index contributed by atoms with van der Waals surface area (Å²) in [6.07, 6.45) is -0.963. The molecule has 6 heteroatoms. The van der Waals surface area contributed by atoms with Gasteiger partial charge in [-0.15, -0.1) is 0 Å². The predicted molar refractivity (Wildman–Crippen MR) is 99.1 cm³/mol. The average Bonchev–Trinajstić information content (AvgIpc) is 2.55. The minimum absolute atomic E-state index is 0.0933. The van der Waals surface area contributed by atoms with Crippen molar-refractivity contribution in [3.05, 3.63) is 63.2 Å². The van der Waals surface area contributed by atoms with Crippen LogP contribution in [0.15, 0.2) is 48.5 Å². The first-order valence-corrected chi connectivity index (χ1v) is 8.33. The number of nitrogens with one attached hydrogen (secondary N) is 1. The van der Waals surface area contributed by atoms with Crippen LogP contribution in [-0.2, 0) is 9.53 Å². The van der Waals surface area contributed by atoms with Gasteiger partial charge in [-0.1, -0.05) is 24.3 Å². The summed E-state index contributed by atoms with van der Waals surface area (Å²) in [4.78, 5) is 35.7. The molecule has 1 atom stereocenters. The van der Waals surface area contributed by atoms with E-state index < -0.39 is 18.0 Å². The number of carbonyl (C=O) groups excluding carboxylic acids is 3. The van der Waals surface area contributed by atoms with E-state index in [2.05, 4.69) is 5.32 Å². The highest BCUT2D eigenvalue weighted by atomic mass is 127. The molecule has 0 saturated carbocycles. The molecule has 0 aliphatic carbocycles. The summed E-state index contributed by atoms with van der Waals surface area (Å²) in [5.74, 6) is -1.11. The number of halogens is 1. The highest BCUT2D eigenvalue weighted by Crippen LogP contribution is 2.15. The molecular weight excluding hydrogens is 421 g/mol. The Balaban J connectivity index is 2.02. The molecule has 124 valence electrons. The van der Waals surface area contributed by atoms with Crippen LogP contribution in [0.5, 0.6) is 0 Å². The third kappa shape index (κ3) is 4.64. The Labute approximate surface area is 153 Å². The van der Waals surface area contributed by atoms with Gasteiger partial charge in [0.05, 0.1) is 5.56 Å². The van der Waals surface area contributed by atoms with Gasteiger partial charge in [-0.05, 0) is 60.7 Å². The van der Waals surface area contributed by atoms with E-state index in [1.54, 1.807) is 42.5 Å². The smallest absolute Gasteiger partial charge is 0.339 e. The third-order valence-electron chi connectivity index (χ3n) is 3.28. The normalized spacial score (nSPS) is 11.5. The van der Waals surface area contributed by atoms with Crippen molar-refractivity contribution in [2.24, 2.45) is 0 Å². The lowest BCUT2D eigenvalue weighted by molar-refractivity contribution is -0.123. The lowest BCUT2D eigenvalue weighted by Gasteiger charge is -2.14. The molecule has 0 aromatic heterocycles. The van der Waals surface area contributed by atoms with Gasteiger partial charge in [0.15, 0.2) is 11.9 Å². The van der Waals surface area contributed by atoms with Crippen LogP contribution in [0.4, 0.5) is 5.69 Å². The number of ether oxygens (including phenoxy) is 1. The average molecular weight is 437 g/mol. The van der Waals surface area contributed by atoms with Crippen molar-refractivity contribution in [1.29, 1.82) is 0 Å². The number of carbonyl (C=O) groups is 3. The number of amides is 1. The summed E-state index contributed by atoms with van der Waals surface area (Å²) in [5, 5.41) is 2.64. The van der Waals surface area contributed by atoms with Crippen molar-refractivity contribution in [2.45, 2.75) is 20.0 Å². The highest BCUT2D eigenvalue weighted by molar-refractivity contribution is 14.1. The maximum atomic E-state index is 12.2. The molecule has 5 nitrogen and oxygen atoms in total. The topological polar surface area (TPSA) is 72.5 Å². The molecule has 0 fully saturated rings. The fourth-order valence-corrected chi connectivity index (χ4v) is 2.57. The van der Waals surface area contributed by atoms with Crippen molar-refractivity contribution < 1.29 is 19.1 Å². The second-order valence-corrected chi connectivity index (χ2v) is 6.32. The van der Waals surface area contributed by atoms with E-state index in [9.17, 15) is 14.4 Å². The lowest BCUT2D eigenvalue weighted by Crippen LogP contribution is -2.30. The van der Waals surface area contributed by atoms with Gasteiger partial charge in [0.25, 0.3) is 5.91 Å². The summed E-state index contributed by atoms with van der Waals surface area (Å²) >= 11 is 2.03. The number of anilines is 1. The van der Waals surface area contributed by atoms with E-state index in [4.69, 9.17) is 4.74 Å². The molecule has 0 radical (unpaired) electrons. The minimum Gasteiger partial charge on any atom is -0.449 e. The van der Waals surface area contributed by atoms with E-state index in [1.165, 1.54) is 13.8 Å². The molecule has 0 saturated heterocycles. The molecule has 0 aliphatic heterocycles. The van der Waals surface area contributed by atoms with Crippen LogP contribution in [0.3, 0.4) is 0 Å². The molecule has 2 aromatic carbocycles. The summed E-state index contributed by atoms with van der Waals surface area (Å²) < 4.78 is 5.96. The number of hydrogen-bond acceptors (Lipinski definition) is 4. The first-order chi connectivity index (χ1) is 11.4. The Morgan fingerprint density at radius 2 is 1.79 bits per heavy atom. The number of esters is 1.